The van der Waals surface area contributed by atoms with Gasteiger partial charge in [0, 0.05) is 19.7 Å². The molecule has 0 bridgehead atoms. The van der Waals surface area contributed by atoms with Crippen molar-refractivity contribution >= 4 is 17.5 Å². The topological polar surface area (TPSA) is 67.9 Å². The van der Waals surface area contributed by atoms with Gasteiger partial charge in [0.15, 0.2) is 11.9 Å². The van der Waals surface area contributed by atoms with E-state index in [1.807, 2.05) is 0 Å². The first kappa shape index (κ1) is 19.4. The number of carbonyl (C=O) groups excluding carboxylic acids is 2. The van der Waals surface area contributed by atoms with E-state index in [2.05, 4.69) is 5.32 Å². The molecule has 2 amide bonds. The summed E-state index contributed by atoms with van der Waals surface area (Å²) in [6, 6.07) is 11.3. The number of rotatable bonds is 5. The highest BCUT2D eigenvalue weighted by Crippen LogP contribution is 2.34. The zero-order valence-electron chi connectivity index (χ0n) is 16.2. The lowest BCUT2D eigenvalue weighted by atomic mass is 10.1. The highest BCUT2D eigenvalue weighted by atomic mass is 19.1. The Labute approximate surface area is 168 Å². The summed E-state index contributed by atoms with van der Waals surface area (Å²) < 4.78 is 25.1. The van der Waals surface area contributed by atoms with E-state index in [9.17, 15) is 14.0 Å². The molecule has 1 fully saturated rings. The number of nitrogens with zero attached hydrogens (tertiary/aromatic N) is 1. The maximum atomic E-state index is 13.7. The van der Waals surface area contributed by atoms with Crippen LogP contribution < -0.4 is 10.1 Å². The van der Waals surface area contributed by atoms with Crippen molar-refractivity contribution in [3.8, 4) is 5.75 Å². The van der Waals surface area contributed by atoms with Crippen LogP contribution in [0, 0.1) is 5.82 Å². The number of para-hydroxylation sites is 1. The largest absolute Gasteiger partial charge is 0.478 e. The van der Waals surface area contributed by atoms with Crippen molar-refractivity contribution in [1.82, 2.24) is 4.90 Å². The smallest absolute Gasteiger partial charge is 0.265 e. The summed E-state index contributed by atoms with van der Waals surface area (Å²) in [6.07, 6.45) is 1.10. The molecule has 0 unspecified atom stereocenters. The van der Waals surface area contributed by atoms with Crippen LogP contribution in [0.4, 0.5) is 10.1 Å². The molecule has 152 valence electrons. The van der Waals surface area contributed by atoms with Crippen molar-refractivity contribution in [2.75, 3.05) is 18.5 Å². The number of nitrogens with one attached hydrogen (secondary N) is 1. The average Bonchev–Trinajstić information content (AvgIpc) is 3.21. The van der Waals surface area contributed by atoms with Crippen LogP contribution in [0.5, 0.6) is 5.75 Å². The molecule has 7 heteroatoms. The molecule has 1 N–H and O–H groups in total. The number of benzene rings is 2. The van der Waals surface area contributed by atoms with Gasteiger partial charge in [0.2, 0.25) is 0 Å². The fourth-order valence-corrected chi connectivity index (χ4v) is 3.67. The third kappa shape index (κ3) is 4.24. The van der Waals surface area contributed by atoms with Crippen molar-refractivity contribution in [3.05, 3.63) is 59.4 Å². The molecular weight excluding hydrogens is 375 g/mol. The molecular formula is C22H23FN2O4. The molecule has 0 saturated carbocycles. The number of fused-ring (bicyclic) bond motifs is 1. The molecule has 2 aliphatic rings. The third-order valence-electron chi connectivity index (χ3n) is 5.16. The Morgan fingerprint density at radius 1 is 1.28 bits per heavy atom. The minimum atomic E-state index is -0.689. The molecule has 2 atom stereocenters. The maximum Gasteiger partial charge on any atom is 0.265 e. The van der Waals surface area contributed by atoms with Crippen LogP contribution in [0.15, 0.2) is 42.5 Å². The maximum absolute atomic E-state index is 13.7. The third-order valence-corrected chi connectivity index (χ3v) is 5.16. The SMILES string of the molecule is C[C@@H]1Oc2c(cccc2C(=O)N(Cc2cccc(F)c2)C[C@H]2CCCO2)NC1=O. The summed E-state index contributed by atoms with van der Waals surface area (Å²) in [5.41, 5.74) is 1.54. The lowest BCUT2D eigenvalue weighted by Gasteiger charge is -2.29. The van der Waals surface area contributed by atoms with Crippen LogP contribution in [0.2, 0.25) is 0 Å². The van der Waals surface area contributed by atoms with Gasteiger partial charge in [-0.2, -0.15) is 0 Å². The van der Waals surface area contributed by atoms with Crippen molar-refractivity contribution in [1.29, 1.82) is 0 Å². The summed E-state index contributed by atoms with van der Waals surface area (Å²) in [7, 11) is 0. The number of halogens is 1. The number of carbonyl (C=O) groups is 2. The quantitative estimate of drug-likeness (QED) is 0.839. The van der Waals surface area contributed by atoms with Gasteiger partial charge in [-0.15, -0.1) is 0 Å². The van der Waals surface area contributed by atoms with Crippen molar-refractivity contribution < 1.29 is 23.5 Å². The predicted molar refractivity (Wildman–Crippen MR) is 105 cm³/mol. The Morgan fingerprint density at radius 2 is 2.10 bits per heavy atom. The van der Waals surface area contributed by atoms with Gasteiger partial charge in [-0.05, 0) is 49.6 Å². The number of hydrogen-bond acceptors (Lipinski definition) is 4. The molecule has 6 nitrogen and oxygen atoms in total. The molecule has 4 rings (SSSR count). The number of hydrogen-bond donors (Lipinski definition) is 1. The Bertz CT molecular complexity index is 927. The van der Waals surface area contributed by atoms with Gasteiger partial charge in [-0.3, -0.25) is 9.59 Å². The van der Waals surface area contributed by atoms with E-state index < -0.39 is 6.10 Å². The molecule has 0 spiro atoms. The second-order valence-electron chi connectivity index (χ2n) is 7.38. The Hall–Kier alpha value is -2.93. The summed E-state index contributed by atoms with van der Waals surface area (Å²) in [6.45, 7) is 2.97. The van der Waals surface area contributed by atoms with Gasteiger partial charge in [-0.1, -0.05) is 18.2 Å². The van der Waals surface area contributed by atoms with Crippen molar-refractivity contribution in [3.63, 3.8) is 0 Å². The summed E-state index contributed by atoms with van der Waals surface area (Å²) >= 11 is 0. The van der Waals surface area contributed by atoms with Crippen LogP contribution in [0.3, 0.4) is 0 Å². The van der Waals surface area contributed by atoms with Gasteiger partial charge in [0.05, 0.1) is 17.4 Å². The highest BCUT2D eigenvalue weighted by molar-refractivity contribution is 6.04. The zero-order valence-corrected chi connectivity index (χ0v) is 16.2. The fraction of sp³-hybridized carbons (Fsp3) is 0.364. The van der Waals surface area contributed by atoms with Crippen molar-refractivity contribution in [2.24, 2.45) is 0 Å². The van der Waals surface area contributed by atoms with E-state index in [0.717, 1.165) is 12.8 Å². The average molecular weight is 398 g/mol. The van der Waals surface area contributed by atoms with E-state index >= 15 is 0 Å². The predicted octanol–water partition coefficient (Wildman–Crippen LogP) is 3.37. The molecule has 2 aromatic carbocycles. The van der Waals surface area contributed by atoms with Crippen LogP contribution in [0.25, 0.3) is 0 Å². The van der Waals surface area contributed by atoms with Crippen LogP contribution in [0.1, 0.15) is 35.7 Å². The molecule has 2 heterocycles. The zero-order chi connectivity index (χ0) is 20.4. The molecule has 0 radical (unpaired) electrons. The highest BCUT2D eigenvalue weighted by Gasteiger charge is 2.31. The van der Waals surface area contributed by atoms with Crippen LogP contribution >= 0.6 is 0 Å². The first-order chi connectivity index (χ1) is 14.0. The molecule has 0 aliphatic carbocycles. The summed E-state index contributed by atoms with van der Waals surface area (Å²) in [5, 5.41) is 2.77. The van der Waals surface area contributed by atoms with E-state index in [1.54, 1.807) is 42.2 Å². The standard InChI is InChI=1S/C22H23FN2O4/c1-14-21(26)24-19-9-3-8-18(20(19)29-14)22(27)25(13-17-7-4-10-28-17)12-15-5-2-6-16(23)11-15/h2-3,5-6,8-9,11,14,17H,4,7,10,12-13H2,1H3,(H,24,26)/t14-,17+/m0/s1. The Balaban J connectivity index is 1.64. The Kier molecular flexibility index (Phi) is 5.49. The first-order valence-electron chi connectivity index (χ1n) is 9.77. The minimum Gasteiger partial charge on any atom is -0.478 e. The van der Waals surface area contributed by atoms with Gasteiger partial charge < -0.3 is 19.7 Å². The van der Waals surface area contributed by atoms with Gasteiger partial charge in [-0.25, -0.2) is 4.39 Å². The summed E-state index contributed by atoms with van der Waals surface area (Å²) in [5.74, 6) is -0.479. The monoisotopic (exact) mass is 398 g/mol. The van der Waals surface area contributed by atoms with Gasteiger partial charge in [0.1, 0.15) is 5.82 Å². The van der Waals surface area contributed by atoms with E-state index in [0.29, 0.717) is 35.7 Å². The number of ether oxygens (including phenoxy) is 2. The molecule has 1 saturated heterocycles. The van der Waals surface area contributed by atoms with Crippen LogP contribution in [-0.2, 0) is 16.1 Å². The number of anilines is 1. The second-order valence-corrected chi connectivity index (χ2v) is 7.38. The molecule has 29 heavy (non-hydrogen) atoms. The van der Waals surface area contributed by atoms with Crippen LogP contribution in [-0.4, -0.2) is 42.1 Å². The fourth-order valence-electron chi connectivity index (χ4n) is 3.67. The van der Waals surface area contributed by atoms with E-state index in [1.165, 1.54) is 12.1 Å². The molecule has 2 aromatic rings. The Morgan fingerprint density at radius 3 is 2.86 bits per heavy atom. The lowest BCUT2D eigenvalue weighted by Crippen LogP contribution is -2.39. The lowest BCUT2D eigenvalue weighted by molar-refractivity contribution is -0.122. The summed E-state index contributed by atoms with van der Waals surface area (Å²) in [4.78, 5) is 27.0. The number of amides is 2. The normalized spacial score (nSPS) is 20.6. The molecule has 0 aromatic heterocycles. The first-order valence-corrected chi connectivity index (χ1v) is 9.77. The van der Waals surface area contributed by atoms with Gasteiger partial charge >= 0.3 is 0 Å². The second kappa shape index (κ2) is 8.21. The van der Waals surface area contributed by atoms with Gasteiger partial charge in [0.25, 0.3) is 11.8 Å². The minimum absolute atomic E-state index is 0.0495. The molecule has 2 aliphatic heterocycles. The van der Waals surface area contributed by atoms with E-state index in [-0.39, 0.29) is 30.3 Å². The van der Waals surface area contributed by atoms with Crippen molar-refractivity contribution in [2.45, 2.75) is 38.5 Å². The van der Waals surface area contributed by atoms with E-state index in [4.69, 9.17) is 9.47 Å².